The van der Waals surface area contributed by atoms with Gasteiger partial charge in [-0.15, -0.1) is 0 Å². The van der Waals surface area contributed by atoms with Crippen molar-refractivity contribution >= 4 is 5.91 Å². The predicted octanol–water partition coefficient (Wildman–Crippen LogP) is 4.61. The monoisotopic (exact) mass is 300 g/mol. The average Bonchev–Trinajstić information content (AvgIpc) is 2.46. The van der Waals surface area contributed by atoms with Gasteiger partial charge in [-0.2, -0.15) is 0 Å². The van der Waals surface area contributed by atoms with Crippen LogP contribution < -0.4 is 5.32 Å². The molecule has 0 aliphatic heterocycles. The molecule has 0 aromatic rings. The molecule has 0 saturated heterocycles. The van der Waals surface area contributed by atoms with E-state index in [4.69, 9.17) is 0 Å². The summed E-state index contributed by atoms with van der Waals surface area (Å²) in [6.07, 6.45) is 6.43. The van der Waals surface area contributed by atoms with E-state index in [1.807, 2.05) is 25.7 Å². The molecule has 0 radical (unpaired) electrons. The van der Waals surface area contributed by atoms with Crippen LogP contribution in [0.5, 0.6) is 0 Å². The van der Waals surface area contributed by atoms with E-state index in [9.17, 15) is 4.79 Å². The molecule has 0 aromatic carbocycles. The minimum absolute atomic E-state index is 0.214. The number of amides is 1. The quantitative estimate of drug-likeness (QED) is 0.598. The number of rotatable bonds is 10. The van der Waals surface area contributed by atoms with Crippen molar-refractivity contribution in [1.82, 2.24) is 10.2 Å². The molecule has 0 aliphatic carbocycles. The highest BCUT2D eigenvalue weighted by Gasteiger charge is 2.10. The summed E-state index contributed by atoms with van der Waals surface area (Å²) in [7, 11) is 0. The first-order valence-electron chi connectivity index (χ1n) is 8.93. The van der Waals surface area contributed by atoms with Crippen molar-refractivity contribution in [2.45, 2.75) is 92.5 Å². The summed E-state index contributed by atoms with van der Waals surface area (Å²) in [6.45, 7) is 17.6. The van der Waals surface area contributed by atoms with Gasteiger partial charge in [0.2, 0.25) is 5.91 Å². The van der Waals surface area contributed by atoms with Crippen LogP contribution in [0.25, 0.3) is 0 Å². The molecule has 0 spiro atoms. The first-order valence-corrected chi connectivity index (χ1v) is 8.93. The maximum absolute atomic E-state index is 11.8. The second-order valence-electron chi connectivity index (χ2n) is 6.33. The Morgan fingerprint density at radius 2 is 1.52 bits per heavy atom. The Kier molecular flexibility index (Phi) is 15.5. The van der Waals surface area contributed by atoms with Crippen molar-refractivity contribution in [1.29, 1.82) is 0 Å². The zero-order valence-corrected chi connectivity index (χ0v) is 15.7. The van der Waals surface area contributed by atoms with Crippen LogP contribution in [0.3, 0.4) is 0 Å². The van der Waals surface area contributed by atoms with Crippen LogP contribution in [-0.4, -0.2) is 36.0 Å². The first-order chi connectivity index (χ1) is 9.90. The van der Waals surface area contributed by atoms with Crippen molar-refractivity contribution in [2.75, 3.05) is 19.6 Å². The van der Waals surface area contributed by atoms with E-state index in [-0.39, 0.29) is 5.54 Å². The predicted molar refractivity (Wildman–Crippen MR) is 94.7 cm³/mol. The summed E-state index contributed by atoms with van der Waals surface area (Å²) in [4.78, 5) is 13.8. The molecule has 0 saturated carbocycles. The number of carbonyl (C=O) groups excluding carboxylic acids is 1. The maximum Gasteiger partial charge on any atom is 0.222 e. The molecule has 0 heterocycles. The third kappa shape index (κ3) is 15.6. The number of unbranched alkanes of at least 4 members (excludes halogenated alkanes) is 3. The highest BCUT2D eigenvalue weighted by atomic mass is 16.2. The number of nitrogens with one attached hydrogen (secondary N) is 1. The number of hydrogen-bond acceptors (Lipinski definition) is 2. The standard InChI is InChI=1S/C16H34N2O.C2H6/c1-6-8-13-18(15(19)7-2)14-11-9-10-12-17-16(3,4)5;1-2/h17H,6-14H2,1-5H3;1-2H3. The van der Waals surface area contributed by atoms with E-state index < -0.39 is 0 Å². The molecule has 3 heteroatoms. The van der Waals surface area contributed by atoms with Crippen molar-refractivity contribution < 1.29 is 4.79 Å². The van der Waals surface area contributed by atoms with Gasteiger partial charge >= 0.3 is 0 Å². The lowest BCUT2D eigenvalue weighted by atomic mass is 10.1. The molecule has 0 atom stereocenters. The fourth-order valence-corrected chi connectivity index (χ4v) is 2.00. The van der Waals surface area contributed by atoms with Gasteiger partial charge in [-0.3, -0.25) is 4.79 Å². The summed E-state index contributed by atoms with van der Waals surface area (Å²) in [5.74, 6) is 0.307. The molecule has 0 bridgehead atoms. The molecule has 0 aromatic heterocycles. The van der Waals surface area contributed by atoms with Crippen molar-refractivity contribution in [3.05, 3.63) is 0 Å². The molecule has 1 amide bonds. The maximum atomic E-state index is 11.8. The van der Waals surface area contributed by atoms with Crippen LogP contribution >= 0.6 is 0 Å². The van der Waals surface area contributed by atoms with Gasteiger partial charge in [0.1, 0.15) is 0 Å². The van der Waals surface area contributed by atoms with E-state index in [1.54, 1.807) is 0 Å². The second-order valence-corrected chi connectivity index (χ2v) is 6.33. The summed E-state index contributed by atoms with van der Waals surface area (Å²) < 4.78 is 0. The highest BCUT2D eigenvalue weighted by Crippen LogP contribution is 2.04. The highest BCUT2D eigenvalue weighted by molar-refractivity contribution is 5.75. The molecule has 21 heavy (non-hydrogen) atoms. The zero-order chi connectivity index (χ0) is 16.7. The average molecular weight is 301 g/mol. The van der Waals surface area contributed by atoms with Crippen LogP contribution in [0.2, 0.25) is 0 Å². The molecule has 0 unspecified atom stereocenters. The topological polar surface area (TPSA) is 32.3 Å². The zero-order valence-electron chi connectivity index (χ0n) is 15.7. The first kappa shape index (κ1) is 22.7. The SMILES string of the molecule is CC.CCCCN(CCCCCNC(C)(C)C)C(=O)CC. The molecule has 128 valence electrons. The van der Waals surface area contributed by atoms with Crippen molar-refractivity contribution in [3.8, 4) is 0 Å². The Balaban J connectivity index is 0. The van der Waals surface area contributed by atoms with Gasteiger partial charge in [0.05, 0.1) is 0 Å². The molecular formula is C18H40N2O. The fraction of sp³-hybridized carbons (Fsp3) is 0.944. The summed E-state index contributed by atoms with van der Waals surface area (Å²) in [5, 5.41) is 3.50. The lowest BCUT2D eigenvalue weighted by Crippen LogP contribution is -2.36. The minimum atomic E-state index is 0.214. The van der Waals surface area contributed by atoms with E-state index in [1.165, 1.54) is 12.8 Å². The van der Waals surface area contributed by atoms with Gasteiger partial charge in [0, 0.05) is 25.0 Å². The van der Waals surface area contributed by atoms with Crippen molar-refractivity contribution in [2.24, 2.45) is 0 Å². The van der Waals surface area contributed by atoms with Crippen LogP contribution in [-0.2, 0) is 4.79 Å². The van der Waals surface area contributed by atoms with E-state index >= 15 is 0 Å². The van der Waals surface area contributed by atoms with Gasteiger partial charge < -0.3 is 10.2 Å². The summed E-state index contributed by atoms with van der Waals surface area (Å²) >= 11 is 0. The van der Waals surface area contributed by atoms with Crippen LogP contribution in [0, 0.1) is 0 Å². The molecule has 3 nitrogen and oxygen atoms in total. The number of hydrogen-bond donors (Lipinski definition) is 1. The van der Waals surface area contributed by atoms with Gasteiger partial charge in [0.15, 0.2) is 0 Å². The van der Waals surface area contributed by atoms with E-state index in [0.29, 0.717) is 12.3 Å². The Hall–Kier alpha value is -0.570. The summed E-state index contributed by atoms with van der Waals surface area (Å²) in [5.41, 5.74) is 0.214. The Bertz CT molecular complexity index is 234. The Labute approximate surface area is 133 Å². The lowest BCUT2D eigenvalue weighted by molar-refractivity contribution is -0.131. The number of carbonyl (C=O) groups is 1. The second kappa shape index (κ2) is 14.4. The Morgan fingerprint density at radius 1 is 0.952 bits per heavy atom. The van der Waals surface area contributed by atoms with Gasteiger partial charge in [0.25, 0.3) is 0 Å². The van der Waals surface area contributed by atoms with Gasteiger partial charge in [-0.05, 0) is 46.6 Å². The van der Waals surface area contributed by atoms with Crippen LogP contribution in [0.15, 0.2) is 0 Å². The minimum Gasteiger partial charge on any atom is -0.343 e. The third-order valence-corrected chi connectivity index (χ3v) is 3.20. The largest absolute Gasteiger partial charge is 0.343 e. The molecule has 0 rings (SSSR count). The fourth-order valence-electron chi connectivity index (χ4n) is 2.00. The molecule has 1 N–H and O–H groups in total. The van der Waals surface area contributed by atoms with Crippen LogP contribution in [0.4, 0.5) is 0 Å². The Morgan fingerprint density at radius 3 is 2.00 bits per heavy atom. The normalized spacial score (nSPS) is 10.8. The number of nitrogens with zero attached hydrogens (tertiary/aromatic N) is 1. The molecule has 0 fully saturated rings. The van der Waals surface area contributed by atoms with Crippen molar-refractivity contribution in [3.63, 3.8) is 0 Å². The smallest absolute Gasteiger partial charge is 0.222 e. The molecular weight excluding hydrogens is 260 g/mol. The third-order valence-electron chi connectivity index (χ3n) is 3.20. The summed E-state index contributed by atoms with van der Waals surface area (Å²) in [6, 6.07) is 0. The van der Waals surface area contributed by atoms with Gasteiger partial charge in [-0.25, -0.2) is 0 Å². The van der Waals surface area contributed by atoms with Crippen LogP contribution in [0.1, 0.15) is 87.0 Å². The van der Waals surface area contributed by atoms with E-state index in [2.05, 4.69) is 33.0 Å². The van der Waals surface area contributed by atoms with E-state index in [0.717, 1.165) is 38.9 Å². The molecule has 0 aliphatic rings. The van der Waals surface area contributed by atoms with Gasteiger partial charge in [-0.1, -0.05) is 40.5 Å². The lowest BCUT2D eigenvalue weighted by Gasteiger charge is -2.23.